The molecule has 1 aliphatic heterocycles. The van der Waals surface area contributed by atoms with E-state index in [1.165, 1.54) is 4.57 Å². The number of anilines is 1. The molecule has 4 rings (SSSR count). The van der Waals surface area contributed by atoms with E-state index in [1.807, 2.05) is 36.1 Å². The molecule has 3 aromatic rings. The minimum atomic E-state index is -0.908. The number of aliphatic hydroxyl groups is 2. The van der Waals surface area contributed by atoms with Gasteiger partial charge < -0.3 is 24.4 Å². The van der Waals surface area contributed by atoms with Crippen LogP contribution in [0.5, 0.6) is 5.75 Å². The van der Waals surface area contributed by atoms with E-state index in [1.54, 1.807) is 11.6 Å². The summed E-state index contributed by atoms with van der Waals surface area (Å²) in [5.74, 6) is 1.17. The summed E-state index contributed by atoms with van der Waals surface area (Å²) in [6, 6.07) is 7.54. The zero-order valence-electron chi connectivity index (χ0n) is 18.9. The van der Waals surface area contributed by atoms with Crippen LogP contribution >= 0.6 is 0 Å². The van der Waals surface area contributed by atoms with Gasteiger partial charge in [-0.1, -0.05) is 17.7 Å². The van der Waals surface area contributed by atoms with Gasteiger partial charge in [-0.2, -0.15) is 4.98 Å². The second kappa shape index (κ2) is 9.77. The maximum Gasteiger partial charge on any atom is 0.329 e. The molecule has 3 heterocycles. The Labute approximate surface area is 190 Å². The van der Waals surface area contributed by atoms with Gasteiger partial charge in [0.1, 0.15) is 18.5 Å². The van der Waals surface area contributed by atoms with Crippen LogP contribution in [0, 0.1) is 6.92 Å². The van der Waals surface area contributed by atoms with Crippen LogP contribution < -0.4 is 20.9 Å². The first-order valence-corrected chi connectivity index (χ1v) is 11.0. The van der Waals surface area contributed by atoms with E-state index in [9.17, 15) is 19.8 Å². The molecule has 3 N–H and O–H groups in total. The van der Waals surface area contributed by atoms with Crippen LogP contribution in [-0.2, 0) is 13.6 Å². The second-order valence-electron chi connectivity index (χ2n) is 8.34. The zero-order chi connectivity index (χ0) is 23.5. The van der Waals surface area contributed by atoms with Crippen LogP contribution in [-0.4, -0.2) is 86.3 Å². The number of aliphatic hydroxyl groups excluding tert-OH is 2. The Bertz CT molecular complexity index is 1210. The van der Waals surface area contributed by atoms with Gasteiger partial charge in [0.15, 0.2) is 11.2 Å². The quantitative estimate of drug-likeness (QED) is 0.404. The molecule has 1 aromatic carbocycles. The van der Waals surface area contributed by atoms with Crippen LogP contribution in [0.3, 0.4) is 0 Å². The van der Waals surface area contributed by atoms with Gasteiger partial charge in [0, 0.05) is 39.8 Å². The highest BCUT2D eigenvalue weighted by molar-refractivity contribution is 5.74. The van der Waals surface area contributed by atoms with Gasteiger partial charge in [-0.25, -0.2) is 4.79 Å². The SMILES string of the molecule is Cc1ccc(OC[C@@H](O)Cn2c(N3CCN(CCO)CC3)nc3c2c(=O)[nH]c(=O)n3C)cc1. The largest absolute Gasteiger partial charge is 0.491 e. The maximum absolute atomic E-state index is 12.7. The number of fused-ring (bicyclic) bond motifs is 1. The molecule has 0 bridgehead atoms. The first-order valence-electron chi connectivity index (χ1n) is 11.0. The molecule has 0 amide bonds. The third-order valence-electron chi connectivity index (χ3n) is 5.91. The molecule has 0 unspecified atom stereocenters. The normalized spacial score (nSPS) is 15.8. The Morgan fingerprint density at radius 3 is 2.52 bits per heavy atom. The average Bonchev–Trinajstić information content (AvgIpc) is 3.17. The van der Waals surface area contributed by atoms with Gasteiger partial charge in [0.25, 0.3) is 5.56 Å². The average molecular weight is 459 g/mol. The number of rotatable bonds is 8. The molecule has 0 spiro atoms. The standard InChI is InChI=1S/C22H30N6O5/c1-15-3-5-17(6-4-15)33-14-16(30)13-28-18-19(25(2)22(32)24-20(18)31)23-21(28)27-9-7-26(8-10-27)11-12-29/h3-6,16,29-30H,7-14H2,1-2H3,(H,24,31,32)/t16-/m0/s1. The Morgan fingerprint density at radius 2 is 1.85 bits per heavy atom. The molecule has 11 nitrogen and oxygen atoms in total. The number of benzene rings is 1. The van der Waals surface area contributed by atoms with E-state index in [2.05, 4.69) is 14.9 Å². The Kier molecular flexibility index (Phi) is 6.82. The third-order valence-corrected chi connectivity index (χ3v) is 5.91. The molecule has 178 valence electrons. The lowest BCUT2D eigenvalue weighted by Gasteiger charge is -2.35. The summed E-state index contributed by atoms with van der Waals surface area (Å²) in [5, 5.41) is 19.9. The van der Waals surface area contributed by atoms with Crippen LogP contribution in [0.15, 0.2) is 33.9 Å². The number of aromatic nitrogens is 4. The van der Waals surface area contributed by atoms with Gasteiger partial charge in [-0.3, -0.25) is 19.2 Å². The van der Waals surface area contributed by atoms with E-state index < -0.39 is 17.4 Å². The van der Waals surface area contributed by atoms with Gasteiger partial charge in [-0.05, 0) is 19.1 Å². The van der Waals surface area contributed by atoms with Crippen molar-refractivity contribution in [3.05, 3.63) is 50.7 Å². The van der Waals surface area contributed by atoms with Crippen molar-refractivity contribution < 1.29 is 14.9 Å². The van der Waals surface area contributed by atoms with Crippen molar-refractivity contribution in [3.63, 3.8) is 0 Å². The van der Waals surface area contributed by atoms with Crippen molar-refractivity contribution in [1.29, 1.82) is 0 Å². The topological polar surface area (TPSA) is 129 Å². The lowest BCUT2D eigenvalue weighted by molar-refractivity contribution is 0.0935. The van der Waals surface area contributed by atoms with E-state index >= 15 is 0 Å². The third kappa shape index (κ3) is 4.95. The molecule has 1 fully saturated rings. The van der Waals surface area contributed by atoms with Crippen molar-refractivity contribution in [3.8, 4) is 5.75 Å². The molecule has 2 aromatic heterocycles. The zero-order valence-corrected chi connectivity index (χ0v) is 18.9. The number of nitrogens with one attached hydrogen (secondary N) is 1. The molecule has 1 aliphatic rings. The fourth-order valence-corrected chi connectivity index (χ4v) is 4.04. The van der Waals surface area contributed by atoms with E-state index in [0.717, 1.165) is 18.7 Å². The number of hydrogen-bond donors (Lipinski definition) is 3. The summed E-state index contributed by atoms with van der Waals surface area (Å²) in [4.78, 5) is 35.9. The predicted octanol–water partition coefficient (Wildman–Crippen LogP) is -0.714. The molecular weight excluding hydrogens is 428 g/mol. The van der Waals surface area contributed by atoms with Gasteiger partial charge in [-0.15, -0.1) is 0 Å². The van der Waals surface area contributed by atoms with Crippen molar-refractivity contribution in [2.45, 2.75) is 19.6 Å². The smallest absolute Gasteiger partial charge is 0.329 e. The van der Waals surface area contributed by atoms with Crippen molar-refractivity contribution in [1.82, 2.24) is 24.0 Å². The summed E-state index contributed by atoms with van der Waals surface area (Å²) >= 11 is 0. The molecule has 1 atom stereocenters. The van der Waals surface area contributed by atoms with Crippen molar-refractivity contribution in [2.75, 3.05) is 50.8 Å². The number of aryl methyl sites for hydroxylation is 2. The van der Waals surface area contributed by atoms with Gasteiger partial charge in [0.05, 0.1) is 13.2 Å². The lowest BCUT2D eigenvalue weighted by atomic mass is 10.2. The number of hydrogen-bond acceptors (Lipinski definition) is 8. The molecule has 11 heteroatoms. The van der Waals surface area contributed by atoms with E-state index in [4.69, 9.17) is 4.74 Å². The number of ether oxygens (including phenoxy) is 1. The van der Waals surface area contributed by atoms with Crippen LogP contribution in [0.1, 0.15) is 5.56 Å². The molecule has 0 radical (unpaired) electrons. The number of H-pyrrole nitrogens is 1. The van der Waals surface area contributed by atoms with Gasteiger partial charge in [0.2, 0.25) is 5.95 Å². The highest BCUT2D eigenvalue weighted by Gasteiger charge is 2.26. The fourth-order valence-electron chi connectivity index (χ4n) is 4.04. The highest BCUT2D eigenvalue weighted by Crippen LogP contribution is 2.22. The molecule has 1 saturated heterocycles. The van der Waals surface area contributed by atoms with Crippen molar-refractivity contribution >= 4 is 17.1 Å². The van der Waals surface area contributed by atoms with Crippen LogP contribution in [0.25, 0.3) is 11.2 Å². The molecule has 0 aliphatic carbocycles. The Balaban J connectivity index is 1.61. The second-order valence-corrected chi connectivity index (χ2v) is 8.34. The van der Waals surface area contributed by atoms with E-state index in [-0.39, 0.29) is 30.9 Å². The molecule has 33 heavy (non-hydrogen) atoms. The summed E-state index contributed by atoms with van der Waals surface area (Å²) < 4.78 is 8.68. The number of nitrogens with zero attached hydrogens (tertiary/aromatic N) is 5. The molecule has 0 saturated carbocycles. The van der Waals surface area contributed by atoms with Crippen molar-refractivity contribution in [2.24, 2.45) is 7.05 Å². The van der Waals surface area contributed by atoms with Crippen LogP contribution in [0.4, 0.5) is 5.95 Å². The first kappa shape index (κ1) is 23.0. The van der Waals surface area contributed by atoms with E-state index in [0.29, 0.717) is 31.3 Å². The minimum Gasteiger partial charge on any atom is -0.491 e. The lowest BCUT2D eigenvalue weighted by Crippen LogP contribution is -2.48. The number of piperazine rings is 1. The molecular formula is C22H30N6O5. The van der Waals surface area contributed by atoms with Gasteiger partial charge >= 0.3 is 5.69 Å². The minimum absolute atomic E-state index is 0.0378. The summed E-state index contributed by atoms with van der Waals surface area (Å²) in [6.45, 7) is 5.56. The fraction of sp³-hybridized carbons (Fsp3) is 0.500. The monoisotopic (exact) mass is 458 g/mol. The Morgan fingerprint density at radius 1 is 1.15 bits per heavy atom. The number of imidazole rings is 1. The van der Waals surface area contributed by atoms with Crippen LogP contribution in [0.2, 0.25) is 0 Å². The maximum atomic E-state index is 12.7. The summed E-state index contributed by atoms with van der Waals surface area (Å²) in [6.07, 6.45) is -0.908. The summed E-state index contributed by atoms with van der Waals surface area (Å²) in [5.41, 5.74) is 0.529. The summed E-state index contributed by atoms with van der Waals surface area (Å²) in [7, 11) is 1.55. The first-order chi connectivity index (χ1) is 15.9. The Hall–Kier alpha value is -3.15. The number of β-amino-alcohol motifs (C(OH)–C–C–N with tert-alkyl or cyclic N) is 1. The predicted molar refractivity (Wildman–Crippen MR) is 124 cm³/mol. The number of aromatic amines is 1. The highest BCUT2D eigenvalue weighted by atomic mass is 16.5.